The molecule has 0 aliphatic carbocycles. The number of nitrogens with two attached hydrogens (primary N) is 1. The van der Waals surface area contributed by atoms with E-state index in [1.54, 1.807) is 0 Å². The summed E-state index contributed by atoms with van der Waals surface area (Å²) < 4.78 is 5.07. The second-order valence-electron chi connectivity index (χ2n) is 3.61. The molecule has 0 aliphatic rings. The number of anilines is 1. The molecule has 1 aromatic heterocycles. The molecule has 1 heterocycles. The van der Waals surface area contributed by atoms with Gasteiger partial charge >= 0.3 is 5.69 Å². The Morgan fingerprint density at radius 1 is 1.67 bits per heavy atom. The van der Waals surface area contributed by atoms with Crippen LogP contribution in [-0.4, -0.2) is 43.7 Å². The summed E-state index contributed by atoms with van der Waals surface area (Å²) in [5.41, 5.74) is 5.03. The maximum Gasteiger partial charge on any atom is 0.323 e. The van der Waals surface area contributed by atoms with E-state index in [2.05, 4.69) is 36.6 Å². The summed E-state index contributed by atoms with van der Waals surface area (Å²) in [6.07, 6.45) is 1.12. The SMILES string of the molecule is COc1c(O)c(Br)cc(/C=N\n2nnnc2N)c1[N+](=O)[O-]. The molecule has 2 rings (SSSR count). The average Bonchev–Trinajstić information content (AvgIpc) is 2.84. The normalized spacial score (nSPS) is 11.0. The van der Waals surface area contributed by atoms with E-state index in [-0.39, 0.29) is 27.5 Å². The first kappa shape index (κ1) is 14.6. The van der Waals surface area contributed by atoms with Crippen LogP contribution in [0.5, 0.6) is 11.5 Å². The molecule has 0 atom stereocenters. The standard InChI is InChI=1S/C9H8BrN7O4/c1-21-8-6(17(19)20)4(2-5(10)7(8)18)3-12-16-9(11)13-14-15-16/h2-3,18H,1H3,(H2,11,13,15)/b12-3-. The van der Waals surface area contributed by atoms with Crippen molar-refractivity contribution in [3.63, 3.8) is 0 Å². The molecule has 0 aliphatic heterocycles. The van der Waals surface area contributed by atoms with E-state index in [0.29, 0.717) is 0 Å². The Hall–Kier alpha value is -2.76. The first-order valence-electron chi connectivity index (χ1n) is 5.27. The largest absolute Gasteiger partial charge is 0.503 e. The number of aromatic hydroxyl groups is 1. The van der Waals surface area contributed by atoms with Gasteiger partial charge in [0.1, 0.15) is 0 Å². The first-order chi connectivity index (χ1) is 9.95. The number of nitrogen functional groups attached to an aromatic ring is 1. The number of nitrogens with zero attached hydrogens (tertiary/aromatic N) is 6. The quantitative estimate of drug-likeness (QED) is 0.455. The van der Waals surface area contributed by atoms with Crippen LogP contribution in [-0.2, 0) is 0 Å². The number of halogens is 1. The minimum absolute atomic E-state index is 0.0661. The van der Waals surface area contributed by atoms with Crippen molar-refractivity contribution in [3.05, 3.63) is 26.2 Å². The molecule has 2 aromatic rings. The highest BCUT2D eigenvalue weighted by Gasteiger charge is 2.26. The zero-order valence-corrected chi connectivity index (χ0v) is 12.1. The molecule has 0 saturated carbocycles. The van der Waals surface area contributed by atoms with Crippen molar-refractivity contribution in [2.24, 2.45) is 5.10 Å². The van der Waals surface area contributed by atoms with Gasteiger partial charge in [-0.25, -0.2) is 0 Å². The molecule has 0 amide bonds. The van der Waals surface area contributed by atoms with Crippen LogP contribution in [0.3, 0.4) is 0 Å². The molecular formula is C9H8BrN7O4. The number of nitro groups is 1. The number of nitro benzene ring substituents is 1. The van der Waals surface area contributed by atoms with E-state index in [0.717, 1.165) is 11.0 Å². The minimum atomic E-state index is -0.699. The van der Waals surface area contributed by atoms with E-state index < -0.39 is 10.6 Å². The van der Waals surface area contributed by atoms with Crippen LogP contribution < -0.4 is 10.5 Å². The third kappa shape index (κ3) is 2.74. The number of phenols is 1. The topological polar surface area (TPSA) is 155 Å². The lowest BCUT2D eigenvalue weighted by atomic mass is 10.1. The van der Waals surface area contributed by atoms with Crippen molar-refractivity contribution >= 4 is 33.8 Å². The smallest absolute Gasteiger partial charge is 0.323 e. The van der Waals surface area contributed by atoms with Crippen molar-refractivity contribution in [2.45, 2.75) is 0 Å². The number of methoxy groups -OCH3 is 1. The number of hydrogen-bond donors (Lipinski definition) is 2. The number of phenolic OH excluding ortho intramolecular Hbond substituents is 1. The van der Waals surface area contributed by atoms with Crippen molar-refractivity contribution in [1.82, 2.24) is 20.3 Å². The molecule has 11 nitrogen and oxygen atoms in total. The molecule has 0 fully saturated rings. The van der Waals surface area contributed by atoms with Gasteiger partial charge in [0.25, 0.3) is 5.95 Å². The van der Waals surface area contributed by atoms with Gasteiger partial charge in [-0.15, -0.1) is 0 Å². The van der Waals surface area contributed by atoms with Gasteiger partial charge in [0.2, 0.25) is 5.75 Å². The van der Waals surface area contributed by atoms with Gasteiger partial charge in [-0.05, 0) is 32.4 Å². The van der Waals surface area contributed by atoms with Gasteiger partial charge in [0.05, 0.1) is 28.3 Å². The zero-order valence-electron chi connectivity index (χ0n) is 10.5. The van der Waals surface area contributed by atoms with Gasteiger partial charge in [-0.1, -0.05) is 9.89 Å². The molecule has 0 bridgehead atoms. The second kappa shape index (κ2) is 5.70. The predicted molar refractivity (Wildman–Crippen MR) is 74.2 cm³/mol. The van der Waals surface area contributed by atoms with Gasteiger partial charge in [-0.2, -0.15) is 5.10 Å². The number of benzene rings is 1. The van der Waals surface area contributed by atoms with Gasteiger partial charge in [-0.3, -0.25) is 10.1 Å². The third-order valence-corrected chi connectivity index (χ3v) is 2.99. The zero-order chi connectivity index (χ0) is 15.6. The van der Waals surface area contributed by atoms with Crippen LogP contribution in [0.1, 0.15) is 5.56 Å². The highest BCUT2D eigenvalue weighted by Crippen LogP contribution is 2.43. The van der Waals surface area contributed by atoms with Crippen LogP contribution in [0.4, 0.5) is 11.6 Å². The molecule has 1 aromatic carbocycles. The minimum Gasteiger partial charge on any atom is -0.503 e. The molecule has 0 spiro atoms. The summed E-state index contributed by atoms with van der Waals surface area (Å²) in [6.45, 7) is 0. The highest BCUT2D eigenvalue weighted by molar-refractivity contribution is 9.10. The van der Waals surface area contributed by atoms with E-state index in [9.17, 15) is 15.2 Å². The van der Waals surface area contributed by atoms with E-state index in [1.807, 2.05) is 0 Å². The van der Waals surface area contributed by atoms with Crippen molar-refractivity contribution in [2.75, 3.05) is 12.8 Å². The van der Waals surface area contributed by atoms with E-state index in [4.69, 9.17) is 10.5 Å². The molecule has 0 saturated heterocycles. The number of tetrazole rings is 1. The summed E-state index contributed by atoms with van der Waals surface area (Å²) in [5, 5.41) is 34.9. The summed E-state index contributed by atoms with van der Waals surface area (Å²) >= 11 is 3.07. The molecular weight excluding hydrogens is 350 g/mol. The number of aromatic nitrogens is 4. The lowest BCUT2D eigenvalue weighted by molar-refractivity contribution is -0.386. The van der Waals surface area contributed by atoms with Crippen molar-refractivity contribution in [3.8, 4) is 11.5 Å². The van der Waals surface area contributed by atoms with Gasteiger partial charge in [0.15, 0.2) is 5.75 Å². The maximum absolute atomic E-state index is 11.2. The fraction of sp³-hybridized carbons (Fsp3) is 0.111. The molecule has 12 heteroatoms. The number of rotatable bonds is 4. The summed E-state index contributed by atoms with van der Waals surface area (Å²) in [6, 6.07) is 1.31. The Morgan fingerprint density at radius 2 is 2.38 bits per heavy atom. The van der Waals surface area contributed by atoms with Gasteiger partial charge in [0, 0.05) is 0 Å². The molecule has 110 valence electrons. The monoisotopic (exact) mass is 357 g/mol. The number of hydrogen-bond acceptors (Lipinski definition) is 9. The highest BCUT2D eigenvalue weighted by atomic mass is 79.9. The first-order valence-corrected chi connectivity index (χ1v) is 6.07. The lowest BCUT2D eigenvalue weighted by Crippen LogP contribution is -2.02. The van der Waals surface area contributed by atoms with Crippen LogP contribution in [0.25, 0.3) is 0 Å². The van der Waals surface area contributed by atoms with Crippen molar-refractivity contribution < 1.29 is 14.8 Å². The van der Waals surface area contributed by atoms with E-state index >= 15 is 0 Å². The lowest BCUT2D eigenvalue weighted by Gasteiger charge is -2.08. The Morgan fingerprint density at radius 3 is 2.90 bits per heavy atom. The Bertz CT molecular complexity index is 729. The second-order valence-corrected chi connectivity index (χ2v) is 4.46. The van der Waals surface area contributed by atoms with Crippen LogP contribution >= 0.6 is 15.9 Å². The Kier molecular flexibility index (Phi) is 3.98. The summed E-state index contributed by atoms with van der Waals surface area (Å²) in [7, 11) is 1.20. The summed E-state index contributed by atoms with van der Waals surface area (Å²) in [5.74, 6) is -0.762. The maximum atomic E-state index is 11.2. The van der Waals surface area contributed by atoms with E-state index in [1.165, 1.54) is 13.2 Å². The molecule has 0 radical (unpaired) electrons. The fourth-order valence-electron chi connectivity index (χ4n) is 1.49. The molecule has 0 unspecified atom stereocenters. The molecule has 21 heavy (non-hydrogen) atoms. The van der Waals surface area contributed by atoms with Crippen LogP contribution in [0, 0.1) is 10.1 Å². The Balaban J connectivity index is 2.58. The van der Waals surface area contributed by atoms with Crippen LogP contribution in [0.2, 0.25) is 0 Å². The fourth-order valence-corrected chi connectivity index (χ4v) is 1.92. The van der Waals surface area contributed by atoms with Crippen molar-refractivity contribution in [1.29, 1.82) is 0 Å². The predicted octanol–water partition coefficient (Wildman–Crippen LogP) is 0.522. The van der Waals surface area contributed by atoms with Crippen LogP contribution in [0.15, 0.2) is 15.6 Å². The third-order valence-electron chi connectivity index (χ3n) is 2.38. The number of ether oxygens (including phenoxy) is 1. The van der Waals surface area contributed by atoms with Gasteiger partial charge < -0.3 is 15.6 Å². The molecule has 3 N–H and O–H groups in total. The Labute approximate surface area is 125 Å². The summed E-state index contributed by atoms with van der Waals surface area (Å²) in [4.78, 5) is 11.3. The average molecular weight is 358 g/mol.